The Kier molecular flexibility index (Phi) is 10.6. The molecule has 9 rings (SSSR count). The summed E-state index contributed by atoms with van der Waals surface area (Å²) < 4.78 is 9.71. The van der Waals surface area contributed by atoms with Gasteiger partial charge in [-0.1, -0.05) is 81.2 Å². The Morgan fingerprint density at radius 1 is 0.767 bits per heavy atom. The van der Waals surface area contributed by atoms with Crippen molar-refractivity contribution in [1.29, 1.82) is 0 Å². The minimum Gasteiger partial charge on any atom is -0.453 e. The van der Waals surface area contributed by atoms with Gasteiger partial charge in [0.05, 0.1) is 57.3 Å². The van der Waals surface area contributed by atoms with E-state index in [2.05, 4.69) is 82.2 Å². The molecule has 4 amide bonds. The van der Waals surface area contributed by atoms with Crippen molar-refractivity contribution in [3.05, 3.63) is 72.4 Å². The van der Waals surface area contributed by atoms with Crippen LogP contribution < -0.4 is 10.6 Å². The molecule has 4 N–H and O–H groups in total. The number of rotatable bonds is 12. The summed E-state index contributed by atoms with van der Waals surface area (Å²) in [5.41, 5.74) is 5.83. The Labute approximate surface area is 350 Å². The molecule has 4 atom stereocenters. The number of amides is 4. The molecular formula is C45H54N8O6Si. The standard InChI is InChI=1S/C45H54N8O6Si/c1-58-44(56)49-34(20-26-7-8-26)42(54)52-19-5-6-37(52)40-46-23-36(48-40)29-13-11-28(12-14-29)30-15-17-32-31(22-30)16-18-33-39(32)51-41(47-33)38-24-60(3,4)25-53(38)43(55)35(21-27-9-10-27)50-45(57)59-2/h11-18,22-23,26-27,34-35,37-38H,5-10,19-21,24-25H2,1-4H3,(H,46,48)(H,47,51)(H,49,56)(H,50,57)/t34-,35-,37-,38-/m0/s1. The van der Waals surface area contributed by atoms with Gasteiger partial charge in [0.1, 0.15) is 23.7 Å². The fraction of sp³-hybridized carbons (Fsp3) is 0.467. The van der Waals surface area contributed by atoms with Gasteiger partial charge in [-0.2, -0.15) is 0 Å². The minimum absolute atomic E-state index is 0.0554. The molecule has 4 fully saturated rings. The molecule has 2 aliphatic carbocycles. The van der Waals surface area contributed by atoms with Crippen molar-refractivity contribution in [2.75, 3.05) is 26.9 Å². The second-order valence-corrected chi connectivity index (χ2v) is 23.1. The molecule has 2 aliphatic heterocycles. The van der Waals surface area contributed by atoms with Crippen LogP contribution in [0, 0.1) is 11.8 Å². The van der Waals surface area contributed by atoms with E-state index in [1.807, 2.05) is 22.1 Å². The molecule has 15 heteroatoms. The number of likely N-dealkylation sites (tertiary alicyclic amines) is 1. The highest BCUT2D eigenvalue weighted by Crippen LogP contribution is 2.41. The number of imidazole rings is 2. The van der Waals surface area contributed by atoms with Crippen molar-refractivity contribution in [2.45, 2.75) is 94.7 Å². The SMILES string of the molecule is COC(=O)N[C@@H](CC1CC1)C(=O)N1CCC[C@H]1c1ncc(-c2ccc(-c3ccc4c(ccc5nc([C@@H]6C[Si](C)(C)CN6C(=O)[C@H](CC6CC6)NC(=O)OC)[nH]c54)c3)cc2)[nH]1. The number of ether oxygens (including phenoxy) is 2. The van der Waals surface area contributed by atoms with Gasteiger partial charge in [-0.05, 0) is 77.8 Å². The van der Waals surface area contributed by atoms with Gasteiger partial charge in [-0.3, -0.25) is 9.59 Å². The average molecular weight is 831 g/mol. The fourth-order valence-electron chi connectivity index (χ4n) is 9.34. The van der Waals surface area contributed by atoms with E-state index in [4.69, 9.17) is 19.4 Å². The topological polar surface area (TPSA) is 175 Å². The third-order valence-electron chi connectivity index (χ3n) is 12.9. The van der Waals surface area contributed by atoms with Crippen LogP contribution in [0.25, 0.3) is 44.2 Å². The number of aromatic amines is 2. The second-order valence-electron chi connectivity index (χ2n) is 18.1. The van der Waals surface area contributed by atoms with Crippen molar-refractivity contribution in [1.82, 2.24) is 40.4 Å². The molecule has 0 radical (unpaired) electrons. The summed E-state index contributed by atoms with van der Waals surface area (Å²) in [6, 6.07) is 18.3. The summed E-state index contributed by atoms with van der Waals surface area (Å²) >= 11 is 0. The van der Waals surface area contributed by atoms with Crippen LogP contribution in [0.15, 0.2) is 60.8 Å². The quantitative estimate of drug-likeness (QED) is 0.0930. The van der Waals surface area contributed by atoms with Crippen LogP contribution in [-0.4, -0.2) is 101 Å². The van der Waals surface area contributed by atoms with Crippen molar-refractivity contribution in [2.24, 2.45) is 11.8 Å². The average Bonchev–Trinajstić information content (AvgIpc) is 4.00. The van der Waals surface area contributed by atoms with Crippen molar-refractivity contribution in [3.63, 3.8) is 0 Å². The lowest BCUT2D eigenvalue weighted by atomic mass is 9.99. The number of aromatic nitrogens is 4. The Balaban J connectivity index is 0.912. The fourth-order valence-corrected chi connectivity index (χ4v) is 12.2. The highest BCUT2D eigenvalue weighted by molar-refractivity contribution is 6.78. The molecule has 2 saturated heterocycles. The van der Waals surface area contributed by atoms with E-state index in [1.165, 1.54) is 14.2 Å². The molecule has 0 unspecified atom stereocenters. The van der Waals surface area contributed by atoms with E-state index in [1.54, 1.807) is 0 Å². The molecule has 2 saturated carbocycles. The Morgan fingerprint density at radius 3 is 2.05 bits per heavy atom. The summed E-state index contributed by atoms with van der Waals surface area (Å²) in [7, 11) is 0.885. The summed E-state index contributed by atoms with van der Waals surface area (Å²) in [6.07, 6.45) is 8.63. The molecule has 60 heavy (non-hydrogen) atoms. The number of alkyl carbamates (subject to hydrolysis) is 2. The summed E-state index contributed by atoms with van der Waals surface area (Å²) in [5.74, 6) is 2.31. The molecule has 2 aromatic heterocycles. The smallest absolute Gasteiger partial charge is 0.407 e. The van der Waals surface area contributed by atoms with Gasteiger partial charge >= 0.3 is 12.2 Å². The predicted molar refractivity (Wildman–Crippen MR) is 230 cm³/mol. The summed E-state index contributed by atoms with van der Waals surface area (Å²) in [6.45, 7) is 5.24. The Bertz CT molecular complexity index is 2440. The predicted octanol–water partition coefficient (Wildman–Crippen LogP) is 7.62. The highest BCUT2D eigenvalue weighted by atomic mass is 28.3. The zero-order valence-electron chi connectivity index (χ0n) is 34.8. The third-order valence-corrected chi connectivity index (χ3v) is 15.6. The van der Waals surface area contributed by atoms with Crippen LogP contribution in [-0.2, 0) is 19.1 Å². The number of methoxy groups -OCH3 is 2. The highest BCUT2D eigenvalue weighted by Gasteiger charge is 2.46. The molecular weight excluding hydrogens is 777 g/mol. The lowest BCUT2D eigenvalue weighted by molar-refractivity contribution is -0.135. The van der Waals surface area contributed by atoms with E-state index < -0.39 is 32.3 Å². The zero-order chi connectivity index (χ0) is 41.7. The van der Waals surface area contributed by atoms with Crippen molar-refractivity contribution in [3.8, 4) is 22.4 Å². The molecule has 3 aromatic carbocycles. The Morgan fingerprint density at radius 2 is 1.40 bits per heavy atom. The van der Waals surface area contributed by atoms with Gasteiger partial charge in [0.25, 0.3) is 0 Å². The van der Waals surface area contributed by atoms with Gasteiger partial charge < -0.3 is 39.9 Å². The number of nitrogens with zero attached hydrogens (tertiary/aromatic N) is 4. The van der Waals surface area contributed by atoms with E-state index in [9.17, 15) is 19.2 Å². The minimum atomic E-state index is -1.76. The maximum absolute atomic E-state index is 14.1. The summed E-state index contributed by atoms with van der Waals surface area (Å²) in [5, 5.41) is 7.74. The first kappa shape index (κ1) is 39.7. The van der Waals surface area contributed by atoms with Gasteiger partial charge in [0, 0.05) is 18.1 Å². The van der Waals surface area contributed by atoms with Crippen LogP contribution >= 0.6 is 0 Å². The van der Waals surface area contributed by atoms with Crippen molar-refractivity contribution >= 4 is 53.9 Å². The van der Waals surface area contributed by atoms with Crippen LogP contribution in [0.5, 0.6) is 0 Å². The Hall–Kier alpha value is -5.70. The molecule has 314 valence electrons. The number of fused-ring (bicyclic) bond motifs is 3. The van der Waals surface area contributed by atoms with E-state index >= 15 is 0 Å². The number of benzene rings is 3. The van der Waals surface area contributed by atoms with Crippen LogP contribution in [0.1, 0.15) is 75.1 Å². The maximum Gasteiger partial charge on any atom is 0.407 e. The third kappa shape index (κ3) is 8.23. The lowest BCUT2D eigenvalue weighted by Gasteiger charge is -2.28. The number of H-pyrrole nitrogens is 2. The van der Waals surface area contributed by atoms with Crippen LogP contribution in [0.4, 0.5) is 9.59 Å². The van der Waals surface area contributed by atoms with Gasteiger partial charge in [0.15, 0.2) is 0 Å². The maximum atomic E-state index is 14.1. The first-order chi connectivity index (χ1) is 29.0. The second kappa shape index (κ2) is 16.1. The number of carbonyl (C=O) groups excluding carboxylic acids is 4. The first-order valence-corrected chi connectivity index (χ1v) is 24.8. The molecule has 4 heterocycles. The molecule has 4 aliphatic rings. The number of hydrogen-bond acceptors (Lipinski definition) is 8. The normalized spacial score (nSPS) is 20.9. The molecule has 0 spiro atoms. The zero-order valence-corrected chi connectivity index (χ0v) is 35.8. The molecule has 0 bridgehead atoms. The monoisotopic (exact) mass is 830 g/mol. The molecule has 14 nitrogen and oxygen atoms in total. The largest absolute Gasteiger partial charge is 0.453 e. The number of carbonyl (C=O) groups is 4. The van der Waals surface area contributed by atoms with Crippen molar-refractivity contribution < 1.29 is 28.7 Å². The van der Waals surface area contributed by atoms with E-state index in [0.717, 1.165) is 100 Å². The van der Waals surface area contributed by atoms with Gasteiger partial charge in [-0.15, -0.1) is 0 Å². The summed E-state index contributed by atoms with van der Waals surface area (Å²) in [4.78, 5) is 72.9. The number of nitrogens with one attached hydrogen (secondary N) is 4. The van der Waals surface area contributed by atoms with Crippen LogP contribution in [0.2, 0.25) is 19.1 Å². The van der Waals surface area contributed by atoms with E-state index in [0.29, 0.717) is 37.4 Å². The first-order valence-electron chi connectivity index (χ1n) is 21.3. The molecule has 5 aromatic rings. The van der Waals surface area contributed by atoms with Gasteiger partial charge in [-0.25, -0.2) is 19.6 Å². The van der Waals surface area contributed by atoms with Crippen LogP contribution in [0.3, 0.4) is 0 Å². The van der Waals surface area contributed by atoms with Gasteiger partial charge in [0.2, 0.25) is 11.8 Å². The number of hydrogen-bond donors (Lipinski definition) is 4. The lowest BCUT2D eigenvalue weighted by Crippen LogP contribution is -2.49. The van der Waals surface area contributed by atoms with E-state index in [-0.39, 0.29) is 23.9 Å².